The van der Waals surface area contributed by atoms with Crippen molar-refractivity contribution >= 4 is 7.28 Å². The van der Waals surface area contributed by atoms with Crippen LogP contribution in [0.15, 0.2) is 0 Å². The molecule has 0 spiro atoms. The van der Waals surface area contributed by atoms with Crippen LogP contribution in [0.3, 0.4) is 0 Å². The summed E-state index contributed by atoms with van der Waals surface area (Å²) in [7, 11) is 2.44. The predicted octanol–water partition coefficient (Wildman–Crippen LogP) is 3.48. The lowest BCUT2D eigenvalue weighted by Crippen LogP contribution is -2.07. The quantitative estimate of drug-likeness (QED) is 0.530. The molecule has 0 aliphatic rings. The van der Waals surface area contributed by atoms with Crippen LogP contribution >= 0.6 is 0 Å². The van der Waals surface area contributed by atoms with Gasteiger partial charge in [0.05, 0.1) is 0 Å². The van der Waals surface area contributed by atoms with E-state index >= 15 is 0 Å². The Balaban J connectivity index is 3.24. The van der Waals surface area contributed by atoms with Crippen molar-refractivity contribution in [2.24, 2.45) is 17.8 Å². The summed E-state index contributed by atoms with van der Waals surface area (Å²) in [6, 6.07) is 0. The lowest BCUT2D eigenvalue weighted by molar-refractivity contribution is 0.454. The highest BCUT2D eigenvalue weighted by Crippen LogP contribution is 2.15. The van der Waals surface area contributed by atoms with Gasteiger partial charge in [-0.15, -0.1) is 0 Å². The third-order valence-electron chi connectivity index (χ3n) is 2.31. The largest absolute Gasteiger partial charge is 0.110 e. The monoisotopic (exact) mass is 153 g/mol. The van der Waals surface area contributed by atoms with Crippen molar-refractivity contribution in [2.45, 2.75) is 47.3 Å². The zero-order valence-corrected chi connectivity index (χ0v) is 8.72. The normalized spacial score (nSPS) is 14.1. The van der Waals surface area contributed by atoms with Gasteiger partial charge in [-0.1, -0.05) is 53.2 Å². The van der Waals surface area contributed by atoms with Crippen molar-refractivity contribution in [1.29, 1.82) is 0 Å². The van der Waals surface area contributed by atoms with E-state index in [0.717, 1.165) is 17.8 Å². The minimum absolute atomic E-state index is 0.828. The molecule has 0 fully saturated rings. The first kappa shape index (κ1) is 11.1. The van der Waals surface area contributed by atoms with E-state index in [1.807, 2.05) is 0 Å². The van der Waals surface area contributed by atoms with Crippen LogP contribution in [0, 0.1) is 17.8 Å². The zero-order chi connectivity index (χ0) is 8.85. The average molecular weight is 153 g/mol. The van der Waals surface area contributed by atoms with Gasteiger partial charge in [-0.25, -0.2) is 0 Å². The Morgan fingerprint density at radius 1 is 0.909 bits per heavy atom. The van der Waals surface area contributed by atoms with Gasteiger partial charge in [0, 0.05) is 0 Å². The Morgan fingerprint density at radius 3 is 1.82 bits per heavy atom. The van der Waals surface area contributed by atoms with Gasteiger partial charge in [0.25, 0.3) is 0 Å². The summed E-state index contributed by atoms with van der Waals surface area (Å²) in [6.45, 7) is 11.5. The third-order valence-corrected chi connectivity index (χ3v) is 2.31. The van der Waals surface area contributed by atoms with E-state index in [2.05, 4.69) is 41.9 Å². The summed E-state index contributed by atoms with van der Waals surface area (Å²) in [5.74, 6) is 2.52. The first-order chi connectivity index (χ1) is 5.04. The first-order valence-corrected chi connectivity index (χ1v) is 4.85. The minimum Gasteiger partial charge on any atom is -0.0780 e. The molecular formula is C10H22B. The fourth-order valence-corrected chi connectivity index (χ4v) is 0.965. The summed E-state index contributed by atoms with van der Waals surface area (Å²) in [5, 5.41) is 0. The van der Waals surface area contributed by atoms with Gasteiger partial charge in [0.1, 0.15) is 7.28 Å². The van der Waals surface area contributed by atoms with Gasteiger partial charge in [0.2, 0.25) is 0 Å². The molecule has 1 atom stereocenters. The zero-order valence-electron chi connectivity index (χ0n) is 8.72. The Morgan fingerprint density at radius 2 is 1.45 bits per heavy atom. The number of hydrogen-bond donors (Lipinski definition) is 0. The molecule has 1 unspecified atom stereocenters. The molecule has 0 saturated carbocycles. The SMILES string of the molecule is CC(C)C[B]CC(C)C(C)C. The highest BCUT2D eigenvalue weighted by molar-refractivity contribution is 6.35. The van der Waals surface area contributed by atoms with E-state index in [1.165, 1.54) is 12.6 Å². The molecule has 65 valence electrons. The van der Waals surface area contributed by atoms with Crippen molar-refractivity contribution in [2.75, 3.05) is 0 Å². The molecule has 1 radical (unpaired) electrons. The van der Waals surface area contributed by atoms with E-state index in [9.17, 15) is 0 Å². The van der Waals surface area contributed by atoms with Gasteiger partial charge >= 0.3 is 0 Å². The molecule has 0 N–H and O–H groups in total. The molecule has 0 aromatic heterocycles. The fraction of sp³-hybridized carbons (Fsp3) is 1.00. The minimum atomic E-state index is 0.828. The van der Waals surface area contributed by atoms with Crippen LogP contribution in [0.4, 0.5) is 0 Å². The molecule has 0 amide bonds. The van der Waals surface area contributed by atoms with E-state index in [-0.39, 0.29) is 0 Å². The molecule has 0 saturated heterocycles. The topological polar surface area (TPSA) is 0 Å². The van der Waals surface area contributed by atoms with Crippen LogP contribution in [0.5, 0.6) is 0 Å². The van der Waals surface area contributed by atoms with Gasteiger partial charge in [-0.05, 0) is 11.8 Å². The van der Waals surface area contributed by atoms with Crippen molar-refractivity contribution in [1.82, 2.24) is 0 Å². The van der Waals surface area contributed by atoms with Gasteiger partial charge in [-0.3, -0.25) is 0 Å². The fourth-order valence-electron chi connectivity index (χ4n) is 0.965. The molecule has 1 heteroatoms. The summed E-state index contributed by atoms with van der Waals surface area (Å²) in [6.07, 6.45) is 2.56. The maximum absolute atomic E-state index is 2.44. The number of rotatable bonds is 5. The predicted molar refractivity (Wildman–Crippen MR) is 54.2 cm³/mol. The molecular weight excluding hydrogens is 131 g/mol. The Kier molecular flexibility index (Phi) is 5.72. The standard InChI is InChI=1S/C10H22B/c1-8(2)6-11-7-10(5)9(3)4/h8-10H,6-7H2,1-5H3. The summed E-state index contributed by atoms with van der Waals surface area (Å²) >= 11 is 0. The second-order valence-electron chi connectivity index (χ2n) is 4.38. The maximum atomic E-state index is 2.44. The van der Waals surface area contributed by atoms with Crippen LogP contribution in [0.1, 0.15) is 34.6 Å². The Labute approximate surface area is 73.0 Å². The van der Waals surface area contributed by atoms with Crippen molar-refractivity contribution in [3.63, 3.8) is 0 Å². The summed E-state index contributed by atoms with van der Waals surface area (Å²) in [4.78, 5) is 0. The van der Waals surface area contributed by atoms with Crippen LogP contribution in [-0.4, -0.2) is 7.28 Å². The molecule has 0 aromatic rings. The molecule has 0 bridgehead atoms. The Hall–Kier alpha value is 0.0649. The average Bonchev–Trinajstić information content (AvgIpc) is 1.86. The smallest absolute Gasteiger partial charge is 0.0780 e. The van der Waals surface area contributed by atoms with E-state index < -0.39 is 0 Å². The van der Waals surface area contributed by atoms with Crippen LogP contribution < -0.4 is 0 Å². The van der Waals surface area contributed by atoms with Crippen molar-refractivity contribution in [3.8, 4) is 0 Å². The van der Waals surface area contributed by atoms with Crippen LogP contribution in [0.25, 0.3) is 0 Å². The van der Waals surface area contributed by atoms with Crippen LogP contribution in [-0.2, 0) is 0 Å². The van der Waals surface area contributed by atoms with Gasteiger partial charge in [0.15, 0.2) is 0 Å². The summed E-state index contributed by atoms with van der Waals surface area (Å²) < 4.78 is 0. The lowest BCUT2D eigenvalue weighted by Gasteiger charge is -2.14. The molecule has 0 aliphatic heterocycles. The molecule has 11 heavy (non-hydrogen) atoms. The van der Waals surface area contributed by atoms with Crippen molar-refractivity contribution < 1.29 is 0 Å². The maximum Gasteiger partial charge on any atom is 0.110 e. The molecule has 0 nitrogen and oxygen atoms in total. The van der Waals surface area contributed by atoms with E-state index in [1.54, 1.807) is 0 Å². The highest BCUT2D eigenvalue weighted by atomic mass is 14.1. The first-order valence-electron chi connectivity index (χ1n) is 4.85. The Bertz CT molecular complexity index is 86.9. The number of hydrogen-bond acceptors (Lipinski definition) is 0. The van der Waals surface area contributed by atoms with Crippen molar-refractivity contribution in [3.05, 3.63) is 0 Å². The molecule has 0 rings (SSSR count). The van der Waals surface area contributed by atoms with Crippen LogP contribution in [0.2, 0.25) is 12.6 Å². The second-order valence-corrected chi connectivity index (χ2v) is 4.38. The second kappa shape index (κ2) is 5.68. The molecule has 0 aromatic carbocycles. The lowest BCUT2D eigenvalue weighted by atomic mass is 9.63. The third kappa shape index (κ3) is 6.46. The van der Waals surface area contributed by atoms with Gasteiger partial charge in [-0.2, -0.15) is 0 Å². The molecule has 0 aliphatic carbocycles. The summed E-state index contributed by atoms with van der Waals surface area (Å²) in [5.41, 5.74) is 0. The highest BCUT2D eigenvalue weighted by Gasteiger charge is 2.07. The van der Waals surface area contributed by atoms with E-state index in [4.69, 9.17) is 0 Å². The van der Waals surface area contributed by atoms with Gasteiger partial charge < -0.3 is 0 Å². The molecule has 0 heterocycles. The van der Waals surface area contributed by atoms with E-state index in [0.29, 0.717) is 0 Å².